The standard InChI is InChI=1S/C17H15BrF2N2O2S/c1-2-10-3-5-12(6-4-10)24-9-15(23)21-17(25)22-16-13(18)7-11(19)8-14(16)20/h3-8H,2,9H2,1H3,(H2,21,22,23,25). The molecular formula is C17H15BrF2N2O2S. The summed E-state index contributed by atoms with van der Waals surface area (Å²) >= 11 is 7.97. The number of halogens is 3. The highest BCUT2D eigenvalue weighted by Crippen LogP contribution is 2.26. The molecular weight excluding hydrogens is 414 g/mol. The SMILES string of the molecule is CCc1ccc(OCC(=O)NC(=S)Nc2c(F)cc(F)cc2Br)cc1. The van der Waals surface area contributed by atoms with Gasteiger partial charge < -0.3 is 10.1 Å². The highest BCUT2D eigenvalue weighted by atomic mass is 79.9. The van der Waals surface area contributed by atoms with Crippen LogP contribution in [0.4, 0.5) is 14.5 Å². The molecule has 0 saturated heterocycles. The van der Waals surface area contributed by atoms with Crippen molar-refractivity contribution in [3.05, 3.63) is 58.1 Å². The van der Waals surface area contributed by atoms with Crippen molar-refractivity contribution >= 4 is 44.9 Å². The minimum atomic E-state index is -0.837. The molecule has 2 aromatic rings. The van der Waals surface area contributed by atoms with Crippen molar-refractivity contribution in [1.82, 2.24) is 5.32 Å². The van der Waals surface area contributed by atoms with E-state index >= 15 is 0 Å². The van der Waals surface area contributed by atoms with Crippen molar-refractivity contribution in [3.63, 3.8) is 0 Å². The second kappa shape index (κ2) is 8.87. The third-order valence-corrected chi connectivity index (χ3v) is 4.03. The van der Waals surface area contributed by atoms with Crippen LogP contribution in [-0.2, 0) is 11.2 Å². The molecule has 8 heteroatoms. The van der Waals surface area contributed by atoms with Crippen LogP contribution in [0.5, 0.6) is 5.75 Å². The summed E-state index contributed by atoms with van der Waals surface area (Å²) in [6, 6.07) is 9.16. The van der Waals surface area contributed by atoms with Gasteiger partial charge >= 0.3 is 0 Å². The number of amides is 1. The molecule has 25 heavy (non-hydrogen) atoms. The third-order valence-electron chi connectivity index (χ3n) is 3.20. The van der Waals surface area contributed by atoms with E-state index in [9.17, 15) is 13.6 Å². The first kappa shape index (κ1) is 19.3. The summed E-state index contributed by atoms with van der Waals surface area (Å²) in [6.45, 7) is 1.79. The molecule has 0 atom stereocenters. The fourth-order valence-electron chi connectivity index (χ4n) is 1.94. The summed E-state index contributed by atoms with van der Waals surface area (Å²) in [6.07, 6.45) is 0.913. The molecule has 0 aromatic heterocycles. The molecule has 2 aromatic carbocycles. The van der Waals surface area contributed by atoms with E-state index in [-0.39, 0.29) is 21.9 Å². The lowest BCUT2D eigenvalue weighted by atomic mass is 10.2. The monoisotopic (exact) mass is 428 g/mol. The highest BCUT2D eigenvalue weighted by Gasteiger charge is 2.13. The van der Waals surface area contributed by atoms with Gasteiger partial charge in [-0.2, -0.15) is 0 Å². The van der Waals surface area contributed by atoms with E-state index in [0.29, 0.717) is 11.8 Å². The Morgan fingerprint density at radius 2 is 1.92 bits per heavy atom. The zero-order valence-electron chi connectivity index (χ0n) is 13.2. The molecule has 0 aliphatic heterocycles. The Hall–Kier alpha value is -2.06. The van der Waals surface area contributed by atoms with Crippen LogP contribution >= 0.6 is 28.1 Å². The van der Waals surface area contributed by atoms with Gasteiger partial charge in [0, 0.05) is 10.5 Å². The average molecular weight is 429 g/mol. The van der Waals surface area contributed by atoms with Crippen molar-refractivity contribution < 1.29 is 18.3 Å². The molecule has 0 bridgehead atoms. The second-order valence-electron chi connectivity index (χ2n) is 5.03. The summed E-state index contributed by atoms with van der Waals surface area (Å²) in [5, 5.41) is 4.75. The lowest BCUT2D eigenvalue weighted by Gasteiger charge is -2.12. The Balaban J connectivity index is 1.86. The number of carbonyl (C=O) groups excluding carboxylic acids is 1. The number of hydrogen-bond donors (Lipinski definition) is 2. The molecule has 0 unspecified atom stereocenters. The molecule has 0 saturated carbocycles. The molecule has 0 aliphatic carbocycles. The molecule has 4 nitrogen and oxygen atoms in total. The molecule has 0 aliphatic rings. The Morgan fingerprint density at radius 3 is 2.52 bits per heavy atom. The number of nitrogens with one attached hydrogen (secondary N) is 2. The van der Waals surface area contributed by atoms with E-state index < -0.39 is 17.5 Å². The lowest BCUT2D eigenvalue weighted by Crippen LogP contribution is -2.37. The number of ether oxygens (including phenoxy) is 1. The third kappa shape index (κ3) is 5.75. The van der Waals surface area contributed by atoms with Gasteiger partial charge in [0.1, 0.15) is 11.6 Å². The maximum atomic E-state index is 13.7. The van der Waals surface area contributed by atoms with E-state index in [1.807, 2.05) is 19.1 Å². The molecule has 0 radical (unpaired) electrons. The van der Waals surface area contributed by atoms with Gasteiger partial charge in [-0.05, 0) is 58.3 Å². The van der Waals surface area contributed by atoms with Crippen molar-refractivity contribution in [1.29, 1.82) is 0 Å². The molecule has 0 fully saturated rings. The largest absolute Gasteiger partial charge is 0.484 e. The first-order valence-corrected chi connectivity index (χ1v) is 8.56. The smallest absolute Gasteiger partial charge is 0.264 e. The number of rotatable bonds is 5. The van der Waals surface area contributed by atoms with E-state index in [1.54, 1.807) is 12.1 Å². The van der Waals surface area contributed by atoms with E-state index in [0.717, 1.165) is 18.1 Å². The maximum absolute atomic E-state index is 13.7. The van der Waals surface area contributed by atoms with Gasteiger partial charge in [0.05, 0.1) is 5.69 Å². The minimum Gasteiger partial charge on any atom is -0.484 e. The zero-order valence-corrected chi connectivity index (χ0v) is 15.6. The predicted octanol–water partition coefficient (Wildman–Crippen LogP) is 4.18. The topological polar surface area (TPSA) is 50.4 Å². The van der Waals surface area contributed by atoms with Crippen LogP contribution in [0.3, 0.4) is 0 Å². The molecule has 2 rings (SSSR count). The van der Waals surface area contributed by atoms with Crippen LogP contribution in [-0.4, -0.2) is 17.6 Å². The van der Waals surface area contributed by atoms with Crippen LogP contribution in [0.1, 0.15) is 12.5 Å². The Labute approximate surface area is 157 Å². The van der Waals surface area contributed by atoms with Crippen LogP contribution in [0, 0.1) is 11.6 Å². The number of benzene rings is 2. The fourth-order valence-corrected chi connectivity index (χ4v) is 2.66. The lowest BCUT2D eigenvalue weighted by molar-refractivity contribution is -0.121. The van der Waals surface area contributed by atoms with Gasteiger partial charge in [-0.1, -0.05) is 19.1 Å². The summed E-state index contributed by atoms with van der Waals surface area (Å²) in [7, 11) is 0. The van der Waals surface area contributed by atoms with Crippen LogP contribution in [0.2, 0.25) is 0 Å². The molecule has 0 spiro atoms. The zero-order chi connectivity index (χ0) is 18.4. The number of hydrogen-bond acceptors (Lipinski definition) is 3. The summed E-state index contributed by atoms with van der Waals surface area (Å²) in [4.78, 5) is 11.8. The van der Waals surface area contributed by atoms with Crippen LogP contribution in [0.25, 0.3) is 0 Å². The van der Waals surface area contributed by atoms with E-state index in [4.69, 9.17) is 17.0 Å². The van der Waals surface area contributed by atoms with Gasteiger partial charge in [-0.15, -0.1) is 0 Å². The first-order chi connectivity index (χ1) is 11.9. The Morgan fingerprint density at radius 1 is 1.24 bits per heavy atom. The minimum absolute atomic E-state index is 0.0669. The van der Waals surface area contributed by atoms with Gasteiger partial charge in [0.2, 0.25) is 0 Å². The Kier molecular flexibility index (Phi) is 6.83. The molecule has 0 heterocycles. The van der Waals surface area contributed by atoms with Crippen molar-refractivity contribution in [2.45, 2.75) is 13.3 Å². The first-order valence-electron chi connectivity index (χ1n) is 7.36. The van der Waals surface area contributed by atoms with Crippen molar-refractivity contribution in [2.24, 2.45) is 0 Å². The summed E-state index contributed by atoms with van der Waals surface area (Å²) < 4.78 is 32.3. The number of thiocarbonyl (C=S) groups is 1. The van der Waals surface area contributed by atoms with E-state index in [1.165, 1.54) is 0 Å². The normalized spacial score (nSPS) is 10.2. The predicted molar refractivity (Wildman–Crippen MR) is 99.7 cm³/mol. The highest BCUT2D eigenvalue weighted by molar-refractivity contribution is 9.10. The maximum Gasteiger partial charge on any atom is 0.264 e. The number of aryl methyl sites for hydroxylation is 1. The Bertz CT molecular complexity index is 762. The van der Waals surface area contributed by atoms with E-state index in [2.05, 4.69) is 26.6 Å². The molecule has 2 N–H and O–H groups in total. The second-order valence-corrected chi connectivity index (χ2v) is 6.30. The number of carbonyl (C=O) groups is 1. The van der Waals surface area contributed by atoms with Gasteiger partial charge in [0.15, 0.2) is 17.5 Å². The quantitative estimate of drug-likeness (QED) is 0.701. The van der Waals surface area contributed by atoms with Gasteiger partial charge in [0.25, 0.3) is 5.91 Å². The van der Waals surface area contributed by atoms with Crippen molar-refractivity contribution in [2.75, 3.05) is 11.9 Å². The summed E-state index contributed by atoms with van der Waals surface area (Å²) in [5.74, 6) is -1.52. The van der Waals surface area contributed by atoms with Crippen LogP contribution in [0.15, 0.2) is 40.9 Å². The summed E-state index contributed by atoms with van der Waals surface area (Å²) in [5.41, 5.74) is 1.09. The molecule has 132 valence electrons. The van der Waals surface area contributed by atoms with Crippen molar-refractivity contribution in [3.8, 4) is 5.75 Å². The van der Waals surface area contributed by atoms with Crippen LogP contribution < -0.4 is 15.4 Å². The van der Waals surface area contributed by atoms with Gasteiger partial charge in [-0.3, -0.25) is 10.1 Å². The molecule has 1 amide bonds. The fraction of sp³-hybridized carbons (Fsp3) is 0.176. The average Bonchev–Trinajstić information content (AvgIpc) is 2.56. The number of anilines is 1. The van der Waals surface area contributed by atoms with Gasteiger partial charge in [-0.25, -0.2) is 8.78 Å².